The molecule has 0 amide bonds. The van der Waals surface area contributed by atoms with E-state index in [-0.39, 0.29) is 5.41 Å². The molecule has 0 spiro atoms. The van der Waals surface area contributed by atoms with Gasteiger partial charge < -0.3 is 10.1 Å². The van der Waals surface area contributed by atoms with Gasteiger partial charge in [0.2, 0.25) is 0 Å². The summed E-state index contributed by atoms with van der Waals surface area (Å²) in [6.07, 6.45) is 7.03. The molecule has 1 aromatic heterocycles. The summed E-state index contributed by atoms with van der Waals surface area (Å²) in [5.41, 5.74) is 6.08. The minimum Gasteiger partial charge on any atom is -0.484 e. The molecule has 1 aliphatic heterocycles. The third kappa shape index (κ3) is 3.62. The highest BCUT2D eigenvalue weighted by molar-refractivity contribution is 5.81. The number of rotatable bonds is 4. The van der Waals surface area contributed by atoms with Gasteiger partial charge in [-0.15, -0.1) is 0 Å². The molecule has 4 rings (SSSR count). The third-order valence-electron chi connectivity index (χ3n) is 5.42. The van der Waals surface area contributed by atoms with Gasteiger partial charge in [0.05, 0.1) is 11.4 Å². The minimum atomic E-state index is 0.129. The van der Waals surface area contributed by atoms with Crippen LogP contribution in [0.25, 0.3) is 5.70 Å². The van der Waals surface area contributed by atoms with E-state index in [1.54, 1.807) is 0 Å². The molecule has 3 nitrogen and oxygen atoms in total. The Balaban J connectivity index is 1.68. The highest BCUT2D eigenvalue weighted by Crippen LogP contribution is 2.39. The molecule has 1 aromatic carbocycles. The lowest BCUT2D eigenvalue weighted by atomic mass is 9.87. The highest BCUT2D eigenvalue weighted by atomic mass is 16.6. The average Bonchev–Trinajstić information content (AvgIpc) is 3.33. The lowest BCUT2D eigenvalue weighted by molar-refractivity contribution is 0.510. The Morgan fingerprint density at radius 3 is 2.58 bits per heavy atom. The first-order valence-electron chi connectivity index (χ1n) is 9.71. The van der Waals surface area contributed by atoms with Crippen LogP contribution >= 0.6 is 0 Å². The van der Waals surface area contributed by atoms with E-state index in [1.807, 2.05) is 12.3 Å². The van der Waals surface area contributed by atoms with Crippen molar-refractivity contribution in [1.29, 1.82) is 0 Å². The highest BCUT2D eigenvalue weighted by Gasteiger charge is 2.28. The van der Waals surface area contributed by atoms with E-state index in [0.717, 1.165) is 17.1 Å². The quantitative estimate of drug-likeness (QED) is 0.705. The first kappa shape index (κ1) is 17.1. The normalized spacial score (nSPS) is 19.2. The van der Waals surface area contributed by atoms with Gasteiger partial charge in [-0.3, -0.25) is 4.98 Å². The van der Waals surface area contributed by atoms with Gasteiger partial charge in [-0.2, -0.15) is 0 Å². The molecule has 0 unspecified atom stereocenters. The van der Waals surface area contributed by atoms with Crippen molar-refractivity contribution in [3.05, 3.63) is 65.2 Å². The summed E-state index contributed by atoms with van der Waals surface area (Å²) < 4.78 is 5.60. The van der Waals surface area contributed by atoms with E-state index in [0.29, 0.717) is 12.5 Å². The Labute approximate surface area is 156 Å². The molecular formula is C23H28N2O. The number of hydrogen-bond donors (Lipinski definition) is 1. The van der Waals surface area contributed by atoms with E-state index in [4.69, 9.17) is 9.72 Å². The monoisotopic (exact) mass is 348 g/mol. The fourth-order valence-corrected chi connectivity index (χ4v) is 3.83. The van der Waals surface area contributed by atoms with Gasteiger partial charge in [0.1, 0.15) is 6.61 Å². The number of hydrogen-bond acceptors (Lipinski definition) is 3. The van der Waals surface area contributed by atoms with Crippen molar-refractivity contribution >= 4 is 11.4 Å². The molecule has 0 atom stereocenters. The van der Waals surface area contributed by atoms with Crippen LogP contribution in [0.4, 0.5) is 5.69 Å². The number of aromatic nitrogens is 1. The van der Waals surface area contributed by atoms with Gasteiger partial charge in [0.25, 0.3) is 0 Å². The zero-order chi connectivity index (χ0) is 18.1. The van der Waals surface area contributed by atoms with Crippen molar-refractivity contribution in [3.63, 3.8) is 0 Å². The largest absolute Gasteiger partial charge is 0.484 e. The Kier molecular flexibility index (Phi) is 4.47. The number of ether oxygens (including phenoxy) is 1. The van der Waals surface area contributed by atoms with Gasteiger partial charge in [-0.05, 0) is 48.1 Å². The van der Waals surface area contributed by atoms with Gasteiger partial charge >= 0.3 is 0 Å². The summed E-state index contributed by atoms with van der Waals surface area (Å²) in [6.45, 7) is 7.44. The fourth-order valence-electron chi connectivity index (χ4n) is 3.83. The van der Waals surface area contributed by atoms with Crippen LogP contribution in [0, 0.1) is 0 Å². The Bertz CT molecular complexity index is 820. The number of pyridine rings is 1. The zero-order valence-corrected chi connectivity index (χ0v) is 16.0. The minimum absolute atomic E-state index is 0.129. The SMILES string of the molecule is CC(C)(C)c1cccc(N/C(=C2\CO2)c2cccnc2C2CCCC2)c1. The number of nitrogens with zero attached hydrogens (tertiary/aromatic N) is 1. The second kappa shape index (κ2) is 6.79. The van der Waals surface area contributed by atoms with Crippen LogP contribution in [0.2, 0.25) is 0 Å². The van der Waals surface area contributed by atoms with Crippen molar-refractivity contribution in [1.82, 2.24) is 4.98 Å². The maximum absolute atomic E-state index is 5.60. The molecule has 2 aliphatic rings. The molecule has 0 radical (unpaired) electrons. The Hall–Kier alpha value is -2.29. The summed E-state index contributed by atoms with van der Waals surface area (Å²) in [5, 5.41) is 3.65. The van der Waals surface area contributed by atoms with Crippen molar-refractivity contribution in [2.75, 3.05) is 11.9 Å². The second-order valence-electron chi connectivity index (χ2n) is 8.46. The molecule has 3 heteroatoms. The topological polar surface area (TPSA) is 37.5 Å². The fraction of sp³-hybridized carbons (Fsp3) is 0.435. The first-order valence-corrected chi connectivity index (χ1v) is 9.71. The van der Waals surface area contributed by atoms with Crippen LogP contribution in [0.3, 0.4) is 0 Å². The molecule has 1 saturated carbocycles. The molecule has 26 heavy (non-hydrogen) atoms. The zero-order valence-electron chi connectivity index (χ0n) is 16.0. The summed E-state index contributed by atoms with van der Waals surface area (Å²) in [5.74, 6) is 1.61. The van der Waals surface area contributed by atoms with E-state index in [9.17, 15) is 0 Å². The average molecular weight is 348 g/mol. The molecule has 2 aromatic rings. The van der Waals surface area contributed by atoms with Crippen LogP contribution in [0.1, 0.15) is 69.2 Å². The van der Waals surface area contributed by atoms with E-state index >= 15 is 0 Å². The van der Waals surface area contributed by atoms with E-state index in [2.05, 4.69) is 56.4 Å². The van der Waals surface area contributed by atoms with Gasteiger partial charge in [0, 0.05) is 23.4 Å². The Morgan fingerprint density at radius 2 is 1.88 bits per heavy atom. The molecule has 1 aliphatic carbocycles. The smallest absolute Gasteiger partial charge is 0.158 e. The number of nitrogens with one attached hydrogen (secondary N) is 1. The third-order valence-corrected chi connectivity index (χ3v) is 5.42. The molecule has 136 valence electrons. The molecular weight excluding hydrogens is 320 g/mol. The van der Waals surface area contributed by atoms with Crippen LogP contribution in [0.15, 0.2) is 48.4 Å². The van der Waals surface area contributed by atoms with Gasteiger partial charge in [-0.1, -0.05) is 45.7 Å². The van der Waals surface area contributed by atoms with Crippen LogP contribution in [-0.2, 0) is 10.2 Å². The lowest BCUT2D eigenvalue weighted by Crippen LogP contribution is -2.12. The van der Waals surface area contributed by atoms with Crippen molar-refractivity contribution in [2.45, 2.75) is 57.8 Å². The molecule has 1 saturated heterocycles. The lowest BCUT2D eigenvalue weighted by Gasteiger charge is -2.21. The van der Waals surface area contributed by atoms with Crippen LogP contribution in [0.5, 0.6) is 0 Å². The summed E-state index contributed by atoms with van der Waals surface area (Å²) in [6, 6.07) is 12.9. The summed E-state index contributed by atoms with van der Waals surface area (Å²) >= 11 is 0. The van der Waals surface area contributed by atoms with Crippen molar-refractivity contribution in [2.24, 2.45) is 0 Å². The van der Waals surface area contributed by atoms with E-state index in [1.165, 1.54) is 42.5 Å². The second-order valence-corrected chi connectivity index (χ2v) is 8.46. The molecule has 0 bridgehead atoms. The van der Waals surface area contributed by atoms with Gasteiger partial charge in [-0.25, -0.2) is 0 Å². The standard InChI is InChI=1S/C23H28N2O/c1-23(2,3)17-10-6-11-18(14-17)25-22(20-15-26-20)19-12-7-13-24-21(19)16-8-4-5-9-16/h6-7,10-14,16,25H,4-5,8-9,15H2,1-3H3/b22-20+. The summed E-state index contributed by atoms with van der Waals surface area (Å²) in [7, 11) is 0. The van der Waals surface area contributed by atoms with E-state index < -0.39 is 0 Å². The maximum atomic E-state index is 5.60. The molecule has 1 N–H and O–H groups in total. The predicted molar refractivity (Wildman–Crippen MR) is 107 cm³/mol. The van der Waals surface area contributed by atoms with Crippen LogP contribution < -0.4 is 5.32 Å². The van der Waals surface area contributed by atoms with Gasteiger partial charge in [0.15, 0.2) is 5.76 Å². The predicted octanol–water partition coefficient (Wildman–Crippen LogP) is 5.85. The van der Waals surface area contributed by atoms with Crippen LogP contribution in [-0.4, -0.2) is 11.6 Å². The van der Waals surface area contributed by atoms with Crippen molar-refractivity contribution in [3.8, 4) is 0 Å². The maximum Gasteiger partial charge on any atom is 0.158 e. The number of benzene rings is 1. The molecule has 2 heterocycles. The Morgan fingerprint density at radius 1 is 1.12 bits per heavy atom. The summed E-state index contributed by atoms with van der Waals surface area (Å²) in [4.78, 5) is 4.76. The first-order chi connectivity index (χ1) is 12.5. The number of anilines is 1. The number of epoxide rings is 1. The molecule has 2 fully saturated rings. The van der Waals surface area contributed by atoms with Crippen molar-refractivity contribution < 1.29 is 4.74 Å².